The Morgan fingerprint density at radius 1 is 1.39 bits per heavy atom. The first kappa shape index (κ1) is 12.2. The lowest BCUT2D eigenvalue weighted by atomic mass is 10.0. The van der Waals surface area contributed by atoms with E-state index >= 15 is 0 Å². The van der Waals surface area contributed by atoms with Gasteiger partial charge in [-0.2, -0.15) is 5.10 Å². The van der Waals surface area contributed by atoms with Crippen LogP contribution in [0.2, 0.25) is 0 Å². The number of carbonyl (C=O) groups is 1. The zero-order chi connectivity index (χ0) is 13.1. The fraction of sp³-hybridized carbons (Fsp3) is 0.333. The molecule has 0 aliphatic carbocycles. The molecule has 0 aromatic heterocycles. The van der Waals surface area contributed by atoms with Crippen molar-refractivity contribution in [1.82, 2.24) is 5.43 Å². The van der Waals surface area contributed by atoms with Gasteiger partial charge in [0.1, 0.15) is 6.04 Å². The molecule has 2 N–H and O–H groups in total. The number of ether oxygens (including phenoxy) is 2. The van der Waals surface area contributed by atoms with Crippen molar-refractivity contribution in [2.75, 3.05) is 14.2 Å². The number of hydrogen-bond donors (Lipinski definition) is 2. The van der Waals surface area contributed by atoms with Gasteiger partial charge < -0.3 is 14.6 Å². The van der Waals surface area contributed by atoms with E-state index in [1.54, 1.807) is 26.4 Å². The minimum Gasteiger partial charge on any atom is -0.493 e. The fourth-order valence-electron chi connectivity index (χ4n) is 1.78. The average Bonchev–Trinajstić information content (AvgIpc) is 2.87. The van der Waals surface area contributed by atoms with E-state index in [0.717, 1.165) is 5.56 Å². The van der Waals surface area contributed by atoms with Crippen molar-refractivity contribution < 1.29 is 19.4 Å². The Labute approximate surface area is 104 Å². The highest BCUT2D eigenvalue weighted by Crippen LogP contribution is 2.28. The first-order valence-corrected chi connectivity index (χ1v) is 5.43. The molecular formula is C12H14N2O4. The highest BCUT2D eigenvalue weighted by atomic mass is 16.5. The van der Waals surface area contributed by atoms with Gasteiger partial charge in [-0.15, -0.1) is 0 Å². The lowest BCUT2D eigenvalue weighted by molar-refractivity contribution is -0.139. The molecule has 1 atom stereocenters. The predicted octanol–water partition coefficient (Wildman–Crippen LogP) is 0.854. The summed E-state index contributed by atoms with van der Waals surface area (Å²) in [6, 6.07) is 4.72. The number of benzene rings is 1. The quantitative estimate of drug-likeness (QED) is 0.828. The van der Waals surface area contributed by atoms with Gasteiger partial charge in [-0.25, -0.2) is 4.79 Å². The molecule has 0 saturated carbocycles. The molecule has 0 unspecified atom stereocenters. The average molecular weight is 250 g/mol. The number of rotatable bonds is 4. The van der Waals surface area contributed by atoms with Crippen LogP contribution in [0.15, 0.2) is 23.3 Å². The van der Waals surface area contributed by atoms with Crippen molar-refractivity contribution in [3.05, 3.63) is 23.8 Å². The van der Waals surface area contributed by atoms with Gasteiger partial charge in [0.2, 0.25) is 0 Å². The van der Waals surface area contributed by atoms with E-state index in [9.17, 15) is 4.79 Å². The second-order valence-corrected chi connectivity index (χ2v) is 3.85. The third kappa shape index (κ3) is 2.22. The highest BCUT2D eigenvalue weighted by Gasteiger charge is 2.25. The number of hydrogen-bond acceptors (Lipinski definition) is 5. The zero-order valence-electron chi connectivity index (χ0n) is 10.1. The Morgan fingerprint density at radius 2 is 2.11 bits per heavy atom. The van der Waals surface area contributed by atoms with Gasteiger partial charge in [0.05, 0.1) is 19.9 Å². The fourth-order valence-corrected chi connectivity index (χ4v) is 1.78. The summed E-state index contributed by atoms with van der Waals surface area (Å²) in [7, 11) is 3.11. The van der Waals surface area contributed by atoms with Crippen LogP contribution >= 0.6 is 0 Å². The summed E-state index contributed by atoms with van der Waals surface area (Å²) in [6.45, 7) is 0. The van der Waals surface area contributed by atoms with Gasteiger partial charge in [0, 0.05) is 12.0 Å². The van der Waals surface area contributed by atoms with E-state index < -0.39 is 12.0 Å². The molecule has 0 fully saturated rings. The van der Waals surface area contributed by atoms with Crippen molar-refractivity contribution >= 4 is 11.7 Å². The normalized spacial score (nSPS) is 17.9. The van der Waals surface area contributed by atoms with E-state index in [0.29, 0.717) is 23.6 Å². The monoisotopic (exact) mass is 250 g/mol. The summed E-state index contributed by atoms with van der Waals surface area (Å²) in [5.41, 5.74) is 4.11. The van der Waals surface area contributed by atoms with Crippen LogP contribution in [0.5, 0.6) is 11.5 Å². The summed E-state index contributed by atoms with van der Waals surface area (Å²) in [5, 5.41) is 12.9. The van der Waals surface area contributed by atoms with Crippen molar-refractivity contribution in [2.45, 2.75) is 12.5 Å². The molecule has 0 radical (unpaired) electrons. The van der Waals surface area contributed by atoms with Crippen LogP contribution in [0.1, 0.15) is 12.0 Å². The molecule has 0 bridgehead atoms. The van der Waals surface area contributed by atoms with E-state index in [4.69, 9.17) is 14.6 Å². The first-order valence-electron chi connectivity index (χ1n) is 5.43. The first-order chi connectivity index (χ1) is 8.65. The number of methoxy groups -OCH3 is 2. The number of carboxylic acids is 1. The van der Waals surface area contributed by atoms with Crippen LogP contribution < -0.4 is 14.9 Å². The van der Waals surface area contributed by atoms with Crippen LogP contribution in [0, 0.1) is 0 Å². The topological polar surface area (TPSA) is 80.2 Å². The van der Waals surface area contributed by atoms with Crippen LogP contribution in [0.3, 0.4) is 0 Å². The Hall–Kier alpha value is -2.24. The van der Waals surface area contributed by atoms with E-state index in [1.165, 1.54) is 0 Å². The van der Waals surface area contributed by atoms with Gasteiger partial charge in [-0.1, -0.05) is 0 Å². The Morgan fingerprint density at radius 3 is 2.67 bits per heavy atom. The summed E-state index contributed by atoms with van der Waals surface area (Å²) in [5.74, 6) is 0.313. The Kier molecular flexibility index (Phi) is 3.36. The maximum Gasteiger partial charge on any atom is 0.328 e. The third-order valence-electron chi connectivity index (χ3n) is 2.77. The summed E-state index contributed by atoms with van der Waals surface area (Å²) in [6.07, 6.45) is 0.352. The molecule has 1 aliphatic heterocycles. The Balaban J connectivity index is 2.23. The zero-order valence-corrected chi connectivity index (χ0v) is 10.1. The van der Waals surface area contributed by atoms with E-state index in [2.05, 4.69) is 10.5 Å². The highest BCUT2D eigenvalue weighted by molar-refractivity contribution is 6.04. The van der Waals surface area contributed by atoms with Crippen molar-refractivity contribution in [3.8, 4) is 11.5 Å². The lowest BCUT2D eigenvalue weighted by Crippen LogP contribution is -2.29. The Bertz CT molecular complexity index is 499. The van der Waals surface area contributed by atoms with E-state index in [-0.39, 0.29) is 0 Å². The molecule has 96 valence electrons. The molecule has 1 heterocycles. The molecular weight excluding hydrogens is 236 g/mol. The second-order valence-electron chi connectivity index (χ2n) is 3.85. The second kappa shape index (κ2) is 4.95. The SMILES string of the molecule is COc1ccc(C2=NN[C@H](C(=O)O)C2)cc1OC. The molecule has 18 heavy (non-hydrogen) atoms. The standard InChI is InChI=1S/C12H14N2O4/c1-17-10-4-3-7(5-11(10)18-2)8-6-9(12(15)16)14-13-8/h3-5,9,14H,6H2,1-2H3,(H,15,16)/t9-/m0/s1. The van der Waals surface area contributed by atoms with E-state index in [1.807, 2.05) is 6.07 Å². The van der Waals surface area contributed by atoms with Crippen molar-refractivity contribution in [2.24, 2.45) is 5.10 Å². The smallest absolute Gasteiger partial charge is 0.328 e. The number of nitrogens with zero attached hydrogens (tertiary/aromatic N) is 1. The molecule has 0 saturated heterocycles. The van der Waals surface area contributed by atoms with Crippen LogP contribution in [-0.2, 0) is 4.79 Å². The summed E-state index contributed by atoms with van der Waals surface area (Å²) >= 11 is 0. The number of aliphatic carboxylic acids is 1. The van der Waals surface area contributed by atoms with Crippen LogP contribution in [0.4, 0.5) is 0 Å². The van der Waals surface area contributed by atoms with Gasteiger partial charge in [0.25, 0.3) is 0 Å². The molecule has 0 spiro atoms. The molecule has 6 nitrogen and oxygen atoms in total. The van der Waals surface area contributed by atoms with Crippen LogP contribution in [0.25, 0.3) is 0 Å². The minimum atomic E-state index is -0.908. The largest absolute Gasteiger partial charge is 0.493 e. The maximum absolute atomic E-state index is 10.8. The molecule has 2 rings (SSSR count). The van der Waals surface area contributed by atoms with Gasteiger partial charge in [-0.05, 0) is 18.2 Å². The van der Waals surface area contributed by atoms with Crippen molar-refractivity contribution in [3.63, 3.8) is 0 Å². The number of hydrazone groups is 1. The van der Waals surface area contributed by atoms with Gasteiger partial charge in [-0.3, -0.25) is 5.43 Å². The van der Waals surface area contributed by atoms with Crippen LogP contribution in [-0.4, -0.2) is 37.0 Å². The molecule has 1 aromatic carbocycles. The lowest BCUT2D eigenvalue weighted by Gasteiger charge is -2.09. The third-order valence-corrected chi connectivity index (χ3v) is 2.77. The summed E-state index contributed by atoms with van der Waals surface area (Å²) in [4.78, 5) is 10.8. The molecule has 1 aromatic rings. The predicted molar refractivity (Wildman–Crippen MR) is 65.3 cm³/mol. The van der Waals surface area contributed by atoms with Gasteiger partial charge >= 0.3 is 5.97 Å². The number of carboxylic acid groups (broad SMARTS) is 1. The molecule has 0 amide bonds. The molecule has 6 heteroatoms. The minimum absolute atomic E-state index is 0.352. The van der Waals surface area contributed by atoms with Gasteiger partial charge in [0.15, 0.2) is 11.5 Å². The molecule has 1 aliphatic rings. The number of nitrogens with one attached hydrogen (secondary N) is 1. The maximum atomic E-state index is 10.8. The van der Waals surface area contributed by atoms with Crippen molar-refractivity contribution in [1.29, 1.82) is 0 Å². The summed E-state index contributed by atoms with van der Waals surface area (Å²) < 4.78 is 10.3.